The van der Waals surface area contributed by atoms with Crippen LogP contribution in [0.5, 0.6) is 0 Å². The molecule has 0 aliphatic carbocycles. The number of nitrogens with one attached hydrogen (secondary N) is 1. The number of hydrogen-bond donors (Lipinski definition) is 1. The van der Waals surface area contributed by atoms with Gasteiger partial charge in [-0.15, -0.1) is 0 Å². The van der Waals surface area contributed by atoms with Crippen LogP contribution in [0.2, 0.25) is 0 Å². The summed E-state index contributed by atoms with van der Waals surface area (Å²) in [6.45, 7) is 4.33. The molecule has 92 valence electrons. The number of rotatable bonds is 2. The maximum absolute atomic E-state index is 3.48. The summed E-state index contributed by atoms with van der Waals surface area (Å²) >= 11 is 0. The topological polar surface area (TPSA) is 12.0 Å². The highest BCUT2D eigenvalue weighted by molar-refractivity contribution is 5.41. The molecule has 0 bridgehead atoms. The molecule has 0 unspecified atom stereocenters. The van der Waals surface area contributed by atoms with Gasteiger partial charge in [0.25, 0.3) is 0 Å². The maximum Gasteiger partial charge on any atom is 0.0211 e. The molecular formula is C17H19N. The van der Waals surface area contributed by atoms with Crippen LogP contribution in [0.3, 0.4) is 0 Å². The molecule has 18 heavy (non-hydrogen) atoms. The molecule has 0 amide bonds. The molecule has 1 nitrogen and oxygen atoms in total. The fourth-order valence-electron chi connectivity index (χ4n) is 2.76. The van der Waals surface area contributed by atoms with Gasteiger partial charge in [-0.3, -0.25) is 0 Å². The summed E-state index contributed by atoms with van der Waals surface area (Å²) in [5.41, 5.74) is 7.36. The Morgan fingerprint density at radius 2 is 1.83 bits per heavy atom. The molecule has 3 rings (SSSR count). The summed E-state index contributed by atoms with van der Waals surface area (Å²) < 4.78 is 0. The third kappa shape index (κ3) is 2.19. The lowest BCUT2D eigenvalue weighted by Gasteiger charge is -2.20. The fraction of sp³-hybridized carbons (Fsp3) is 0.294. The van der Waals surface area contributed by atoms with Crippen molar-refractivity contribution in [3.8, 4) is 0 Å². The molecule has 1 aliphatic rings. The van der Waals surface area contributed by atoms with Crippen molar-refractivity contribution in [2.24, 2.45) is 0 Å². The zero-order chi connectivity index (χ0) is 12.4. The van der Waals surface area contributed by atoms with E-state index in [9.17, 15) is 0 Å². The molecule has 0 fully saturated rings. The Labute approximate surface area is 109 Å². The predicted molar refractivity (Wildman–Crippen MR) is 75.8 cm³/mol. The molecule has 1 aliphatic heterocycles. The molecule has 0 spiro atoms. The van der Waals surface area contributed by atoms with Crippen molar-refractivity contribution in [2.45, 2.75) is 26.3 Å². The van der Waals surface area contributed by atoms with E-state index < -0.39 is 0 Å². The monoisotopic (exact) mass is 237 g/mol. The van der Waals surface area contributed by atoms with Crippen molar-refractivity contribution in [3.05, 3.63) is 70.3 Å². The van der Waals surface area contributed by atoms with Gasteiger partial charge in [0.1, 0.15) is 0 Å². The lowest BCUT2D eigenvalue weighted by molar-refractivity contribution is 0.639. The first-order chi connectivity index (χ1) is 8.84. The van der Waals surface area contributed by atoms with E-state index in [1.807, 2.05) is 0 Å². The Balaban J connectivity index is 1.96. The lowest BCUT2D eigenvalue weighted by Crippen LogP contribution is -2.24. The van der Waals surface area contributed by atoms with Crippen LogP contribution in [-0.2, 0) is 19.4 Å². The average Bonchev–Trinajstić information content (AvgIpc) is 2.42. The minimum absolute atomic E-state index is 1.03. The van der Waals surface area contributed by atoms with Crippen molar-refractivity contribution in [2.75, 3.05) is 6.54 Å². The maximum atomic E-state index is 3.48. The Morgan fingerprint density at radius 3 is 2.72 bits per heavy atom. The van der Waals surface area contributed by atoms with Gasteiger partial charge in [0.2, 0.25) is 0 Å². The lowest BCUT2D eigenvalue weighted by atomic mass is 9.91. The highest BCUT2D eigenvalue weighted by Gasteiger charge is 2.12. The number of aryl methyl sites for hydroxylation is 1. The second kappa shape index (κ2) is 4.95. The third-order valence-electron chi connectivity index (χ3n) is 3.89. The van der Waals surface area contributed by atoms with Gasteiger partial charge in [0.15, 0.2) is 0 Å². The van der Waals surface area contributed by atoms with Crippen molar-refractivity contribution in [1.29, 1.82) is 0 Å². The molecule has 1 heterocycles. The van der Waals surface area contributed by atoms with Gasteiger partial charge < -0.3 is 5.32 Å². The largest absolute Gasteiger partial charge is 0.312 e. The molecule has 0 saturated carbocycles. The second-order valence-electron chi connectivity index (χ2n) is 5.08. The first kappa shape index (κ1) is 11.5. The van der Waals surface area contributed by atoms with Crippen LogP contribution in [0.25, 0.3) is 0 Å². The van der Waals surface area contributed by atoms with E-state index in [-0.39, 0.29) is 0 Å². The van der Waals surface area contributed by atoms with Gasteiger partial charge in [-0.2, -0.15) is 0 Å². The first-order valence-corrected chi connectivity index (χ1v) is 6.69. The minimum atomic E-state index is 1.03. The molecule has 0 saturated heterocycles. The summed E-state index contributed by atoms with van der Waals surface area (Å²) in [5, 5.41) is 3.48. The molecule has 2 aromatic carbocycles. The molecule has 0 atom stereocenters. The van der Waals surface area contributed by atoms with Crippen molar-refractivity contribution >= 4 is 0 Å². The number of benzene rings is 2. The van der Waals surface area contributed by atoms with Gasteiger partial charge in [-0.1, -0.05) is 42.5 Å². The van der Waals surface area contributed by atoms with Crippen LogP contribution in [-0.4, -0.2) is 6.54 Å². The van der Waals surface area contributed by atoms with E-state index in [0.717, 1.165) is 25.9 Å². The highest BCUT2D eigenvalue weighted by Crippen LogP contribution is 2.22. The van der Waals surface area contributed by atoms with Crippen molar-refractivity contribution < 1.29 is 0 Å². The van der Waals surface area contributed by atoms with Crippen molar-refractivity contribution in [1.82, 2.24) is 5.32 Å². The molecule has 1 heteroatoms. The summed E-state index contributed by atoms with van der Waals surface area (Å²) in [5.74, 6) is 0. The van der Waals surface area contributed by atoms with Gasteiger partial charge in [-0.05, 0) is 54.1 Å². The Bertz CT molecular complexity index is 557. The Kier molecular flexibility index (Phi) is 3.16. The van der Waals surface area contributed by atoms with E-state index >= 15 is 0 Å². The summed E-state index contributed by atoms with van der Waals surface area (Å²) in [6.07, 6.45) is 2.22. The highest BCUT2D eigenvalue weighted by atomic mass is 14.9. The van der Waals surface area contributed by atoms with Crippen LogP contribution in [0, 0.1) is 6.92 Å². The number of fused-ring (bicyclic) bond motifs is 1. The summed E-state index contributed by atoms with van der Waals surface area (Å²) in [7, 11) is 0. The molecule has 0 radical (unpaired) electrons. The van der Waals surface area contributed by atoms with E-state index in [0.29, 0.717) is 0 Å². The van der Waals surface area contributed by atoms with E-state index in [2.05, 4.69) is 54.7 Å². The van der Waals surface area contributed by atoms with E-state index in [4.69, 9.17) is 0 Å². The molecular weight excluding hydrogens is 218 g/mol. The average molecular weight is 237 g/mol. The standard InChI is InChI=1S/C17H19N/c1-13-5-2-3-6-15(13)11-16-8-4-7-14-9-10-18-12-17(14)16/h2-8,18H,9-12H2,1H3. The van der Waals surface area contributed by atoms with Gasteiger partial charge in [-0.25, -0.2) is 0 Å². The van der Waals surface area contributed by atoms with Gasteiger partial charge >= 0.3 is 0 Å². The summed E-state index contributed by atoms with van der Waals surface area (Å²) in [6, 6.07) is 15.4. The zero-order valence-electron chi connectivity index (χ0n) is 10.9. The zero-order valence-corrected chi connectivity index (χ0v) is 10.9. The number of hydrogen-bond acceptors (Lipinski definition) is 1. The van der Waals surface area contributed by atoms with Gasteiger partial charge in [0, 0.05) is 6.54 Å². The normalized spacial score (nSPS) is 14.3. The van der Waals surface area contributed by atoms with Crippen LogP contribution in [0.4, 0.5) is 0 Å². The first-order valence-electron chi connectivity index (χ1n) is 6.69. The minimum Gasteiger partial charge on any atom is -0.312 e. The van der Waals surface area contributed by atoms with E-state index in [1.165, 1.54) is 27.8 Å². The van der Waals surface area contributed by atoms with Crippen LogP contribution >= 0.6 is 0 Å². The van der Waals surface area contributed by atoms with Crippen LogP contribution < -0.4 is 5.32 Å². The van der Waals surface area contributed by atoms with E-state index in [1.54, 1.807) is 0 Å². The fourth-order valence-corrected chi connectivity index (χ4v) is 2.76. The molecule has 1 N–H and O–H groups in total. The Hall–Kier alpha value is -1.60. The smallest absolute Gasteiger partial charge is 0.0211 e. The van der Waals surface area contributed by atoms with Crippen LogP contribution in [0.15, 0.2) is 42.5 Å². The van der Waals surface area contributed by atoms with Crippen LogP contribution in [0.1, 0.15) is 27.8 Å². The van der Waals surface area contributed by atoms with Crippen molar-refractivity contribution in [3.63, 3.8) is 0 Å². The Morgan fingerprint density at radius 1 is 1.00 bits per heavy atom. The summed E-state index contributed by atoms with van der Waals surface area (Å²) in [4.78, 5) is 0. The van der Waals surface area contributed by atoms with Gasteiger partial charge in [0.05, 0.1) is 0 Å². The SMILES string of the molecule is Cc1ccccc1Cc1cccc2c1CNCC2. The quantitative estimate of drug-likeness (QED) is 0.845. The molecule has 0 aromatic heterocycles. The predicted octanol–water partition coefficient (Wildman–Crippen LogP) is 3.23. The third-order valence-corrected chi connectivity index (χ3v) is 3.89. The second-order valence-corrected chi connectivity index (χ2v) is 5.08. The molecule has 2 aromatic rings.